The Hall–Kier alpha value is -3.18. The van der Waals surface area contributed by atoms with Gasteiger partial charge in [-0.05, 0) is 64.3 Å². The summed E-state index contributed by atoms with van der Waals surface area (Å²) in [7, 11) is 3.81. The van der Waals surface area contributed by atoms with Gasteiger partial charge in [0.2, 0.25) is 11.8 Å². The zero-order valence-electron chi connectivity index (χ0n) is 22.8. The molecule has 0 N–H and O–H groups in total. The number of carbonyl (C=O) groups is 1. The maximum absolute atomic E-state index is 14.2. The summed E-state index contributed by atoms with van der Waals surface area (Å²) in [5, 5.41) is 0. The number of benzene rings is 1. The third-order valence-corrected chi connectivity index (χ3v) is 7.40. The summed E-state index contributed by atoms with van der Waals surface area (Å²) < 4.78 is 41.7. The number of aryl methyl sites for hydroxylation is 1. The summed E-state index contributed by atoms with van der Waals surface area (Å²) in [5.41, 5.74) is 1.89. The Morgan fingerprint density at radius 3 is 2.56 bits per heavy atom. The summed E-state index contributed by atoms with van der Waals surface area (Å²) in [6.45, 7) is 4.59. The Morgan fingerprint density at radius 1 is 1.13 bits per heavy atom. The number of alkyl halides is 2. The summed E-state index contributed by atoms with van der Waals surface area (Å²) in [6, 6.07) is 7.09. The maximum Gasteiger partial charge on any atom is 0.296 e. The van der Waals surface area contributed by atoms with Crippen molar-refractivity contribution in [2.75, 3.05) is 51.8 Å². The molecule has 2 aliphatic rings. The lowest BCUT2D eigenvalue weighted by molar-refractivity contribution is -0.120. The first-order chi connectivity index (χ1) is 18.8. The lowest BCUT2D eigenvalue weighted by atomic mass is 9.84. The largest absolute Gasteiger partial charge is 0.474 e. The van der Waals surface area contributed by atoms with Gasteiger partial charge in [0.25, 0.3) is 6.43 Å². The van der Waals surface area contributed by atoms with E-state index >= 15 is 0 Å². The molecule has 3 aromatic rings. The van der Waals surface area contributed by atoms with E-state index in [0.717, 1.165) is 31.2 Å². The van der Waals surface area contributed by atoms with E-state index in [1.165, 1.54) is 4.57 Å². The fourth-order valence-electron chi connectivity index (χ4n) is 5.49. The number of anilines is 1. The van der Waals surface area contributed by atoms with Gasteiger partial charge < -0.3 is 19.3 Å². The molecule has 0 spiro atoms. The average molecular weight is 543 g/mol. The fraction of sp³-hybridized carbons (Fsp3) is 0.571. The van der Waals surface area contributed by atoms with Gasteiger partial charge in [0.15, 0.2) is 5.82 Å². The SMILES string of the molecule is Cc1cccc2c1nc(C(F)F)n2-c1cc(OC2CCC(CC(=O)CN(C)C)CC2)nc(N2CCOCC2)n1. The standard InChI is InChI=1S/C28H36F2N6O3/c1-18-5-4-6-22-25(18)33-27(26(29)30)36(22)23-16-24(32-28(31-23)35-11-13-38-14-12-35)39-21-9-7-19(8-10-21)15-20(37)17-34(2)3/h4-6,16,19,21,26H,7-15,17H2,1-3H3. The molecule has 1 aromatic carbocycles. The number of ketones is 1. The quantitative estimate of drug-likeness (QED) is 0.395. The van der Waals surface area contributed by atoms with Crippen LogP contribution in [0.2, 0.25) is 0 Å². The second-order valence-corrected chi connectivity index (χ2v) is 10.8. The number of para-hydroxylation sites is 1. The molecule has 11 heteroatoms. The minimum absolute atomic E-state index is 0.0677. The number of carbonyl (C=O) groups excluding carboxylic acids is 1. The number of ether oxygens (including phenoxy) is 2. The first-order valence-electron chi connectivity index (χ1n) is 13.6. The number of Topliss-reactive ketones (excluding diaryl/α,β-unsaturated/α-hetero) is 1. The Morgan fingerprint density at radius 2 is 1.87 bits per heavy atom. The molecule has 2 fully saturated rings. The normalized spacial score (nSPS) is 20.2. The maximum atomic E-state index is 14.2. The van der Waals surface area contributed by atoms with Crippen molar-refractivity contribution in [3.05, 3.63) is 35.7 Å². The highest BCUT2D eigenvalue weighted by Gasteiger charge is 2.27. The summed E-state index contributed by atoms with van der Waals surface area (Å²) in [6.07, 6.45) is 1.16. The highest BCUT2D eigenvalue weighted by Crippen LogP contribution is 2.33. The van der Waals surface area contributed by atoms with E-state index in [1.54, 1.807) is 12.1 Å². The molecule has 1 aliphatic carbocycles. The minimum Gasteiger partial charge on any atom is -0.474 e. The third kappa shape index (κ3) is 6.36. The van der Waals surface area contributed by atoms with E-state index in [1.807, 2.05) is 43.0 Å². The van der Waals surface area contributed by atoms with Crippen LogP contribution in [0.5, 0.6) is 5.88 Å². The van der Waals surface area contributed by atoms with E-state index in [9.17, 15) is 13.6 Å². The van der Waals surface area contributed by atoms with Crippen LogP contribution in [-0.4, -0.2) is 83.2 Å². The van der Waals surface area contributed by atoms with Crippen molar-refractivity contribution in [1.82, 2.24) is 24.4 Å². The molecule has 1 saturated heterocycles. The van der Waals surface area contributed by atoms with Gasteiger partial charge in [-0.1, -0.05) is 12.1 Å². The minimum atomic E-state index is -2.78. The van der Waals surface area contributed by atoms with Crippen LogP contribution in [0.3, 0.4) is 0 Å². The van der Waals surface area contributed by atoms with Crippen molar-refractivity contribution in [2.24, 2.45) is 5.92 Å². The molecular formula is C28H36F2N6O3. The van der Waals surface area contributed by atoms with E-state index in [-0.39, 0.29) is 17.7 Å². The van der Waals surface area contributed by atoms with Crippen LogP contribution in [0.25, 0.3) is 16.9 Å². The van der Waals surface area contributed by atoms with Crippen molar-refractivity contribution >= 4 is 22.8 Å². The molecule has 0 unspecified atom stereocenters. The van der Waals surface area contributed by atoms with Gasteiger partial charge in [-0.3, -0.25) is 9.36 Å². The number of rotatable bonds is 9. The van der Waals surface area contributed by atoms with Gasteiger partial charge in [-0.2, -0.15) is 9.97 Å². The van der Waals surface area contributed by atoms with Gasteiger partial charge in [0.05, 0.1) is 30.8 Å². The molecule has 0 radical (unpaired) electrons. The molecule has 0 atom stereocenters. The molecule has 1 aliphatic heterocycles. The smallest absolute Gasteiger partial charge is 0.296 e. The van der Waals surface area contributed by atoms with Gasteiger partial charge in [-0.15, -0.1) is 0 Å². The monoisotopic (exact) mass is 542 g/mol. The van der Waals surface area contributed by atoms with Crippen LogP contribution in [0.15, 0.2) is 24.3 Å². The molecule has 0 bridgehead atoms. The predicted molar refractivity (Wildman–Crippen MR) is 144 cm³/mol. The van der Waals surface area contributed by atoms with Crippen LogP contribution < -0.4 is 9.64 Å². The van der Waals surface area contributed by atoms with E-state index in [2.05, 4.69) is 9.97 Å². The van der Waals surface area contributed by atoms with Crippen molar-refractivity contribution in [3.63, 3.8) is 0 Å². The number of likely N-dealkylation sites (N-methyl/N-ethyl adjacent to an activating group) is 1. The molecule has 39 heavy (non-hydrogen) atoms. The average Bonchev–Trinajstić information content (AvgIpc) is 3.31. The van der Waals surface area contributed by atoms with Gasteiger partial charge in [0.1, 0.15) is 17.7 Å². The van der Waals surface area contributed by atoms with Crippen LogP contribution in [0, 0.1) is 12.8 Å². The van der Waals surface area contributed by atoms with Crippen LogP contribution >= 0.6 is 0 Å². The Labute approximate surface area is 227 Å². The summed E-state index contributed by atoms with van der Waals surface area (Å²) >= 11 is 0. The second-order valence-electron chi connectivity index (χ2n) is 10.8. The first-order valence-corrected chi connectivity index (χ1v) is 13.6. The third-order valence-electron chi connectivity index (χ3n) is 7.40. The topological polar surface area (TPSA) is 85.6 Å². The summed E-state index contributed by atoms with van der Waals surface area (Å²) in [5.74, 6) is 1.33. The highest BCUT2D eigenvalue weighted by atomic mass is 19.3. The fourth-order valence-corrected chi connectivity index (χ4v) is 5.49. The zero-order chi connectivity index (χ0) is 27.5. The highest BCUT2D eigenvalue weighted by molar-refractivity contribution is 5.81. The molecule has 3 heterocycles. The number of halogens is 2. The number of fused-ring (bicyclic) bond motifs is 1. The van der Waals surface area contributed by atoms with Gasteiger partial charge in [0, 0.05) is 25.6 Å². The van der Waals surface area contributed by atoms with Gasteiger partial charge in [-0.25, -0.2) is 13.8 Å². The van der Waals surface area contributed by atoms with E-state index in [4.69, 9.17) is 14.5 Å². The van der Waals surface area contributed by atoms with Crippen LogP contribution in [0.1, 0.15) is 49.9 Å². The van der Waals surface area contributed by atoms with Crippen LogP contribution in [-0.2, 0) is 9.53 Å². The number of morpholine rings is 1. The number of hydrogen-bond donors (Lipinski definition) is 0. The molecular weight excluding hydrogens is 506 g/mol. The lowest BCUT2D eigenvalue weighted by Gasteiger charge is -2.30. The van der Waals surface area contributed by atoms with Crippen LogP contribution in [0.4, 0.5) is 14.7 Å². The molecule has 1 saturated carbocycles. The molecule has 2 aromatic heterocycles. The van der Waals surface area contributed by atoms with Crippen molar-refractivity contribution in [1.29, 1.82) is 0 Å². The Bertz CT molecular complexity index is 1300. The number of imidazole rings is 1. The van der Waals surface area contributed by atoms with E-state index in [0.29, 0.717) is 73.9 Å². The molecule has 9 nitrogen and oxygen atoms in total. The number of hydrogen-bond acceptors (Lipinski definition) is 8. The second kappa shape index (κ2) is 11.9. The Balaban J connectivity index is 1.43. The zero-order valence-corrected chi connectivity index (χ0v) is 22.8. The molecule has 210 valence electrons. The number of nitrogens with zero attached hydrogens (tertiary/aromatic N) is 6. The van der Waals surface area contributed by atoms with Gasteiger partial charge >= 0.3 is 0 Å². The molecule has 0 amide bonds. The van der Waals surface area contributed by atoms with Crippen molar-refractivity contribution in [2.45, 2.75) is 51.6 Å². The molecule has 5 rings (SSSR count). The summed E-state index contributed by atoms with van der Waals surface area (Å²) in [4.78, 5) is 29.8. The number of aromatic nitrogens is 4. The van der Waals surface area contributed by atoms with Crippen molar-refractivity contribution < 1.29 is 23.0 Å². The Kier molecular flexibility index (Phi) is 8.37. The van der Waals surface area contributed by atoms with Crippen molar-refractivity contribution in [3.8, 4) is 11.7 Å². The lowest BCUT2D eigenvalue weighted by Crippen LogP contribution is -2.37. The first kappa shape index (κ1) is 27.4. The predicted octanol–water partition coefficient (Wildman–Crippen LogP) is 4.36. The van der Waals surface area contributed by atoms with E-state index < -0.39 is 6.43 Å².